The van der Waals surface area contributed by atoms with Gasteiger partial charge in [-0.15, -0.1) is 0 Å². The zero-order chi connectivity index (χ0) is 28.5. The molecule has 3 heterocycles. The Labute approximate surface area is 227 Å². The van der Waals surface area contributed by atoms with E-state index in [0.717, 1.165) is 12.8 Å². The lowest BCUT2D eigenvalue weighted by atomic mass is 10.1. The van der Waals surface area contributed by atoms with Crippen molar-refractivity contribution in [3.63, 3.8) is 0 Å². The molecule has 0 spiro atoms. The van der Waals surface area contributed by atoms with Gasteiger partial charge in [-0.2, -0.15) is 0 Å². The molecule has 0 amide bonds. The molecule has 3 aliphatic heterocycles. The summed E-state index contributed by atoms with van der Waals surface area (Å²) in [4.78, 5) is 46.0. The lowest BCUT2D eigenvalue weighted by Gasteiger charge is -2.13. The number of hydrogen-bond acceptors (Lipinski definition) is 11. The molecule has 0 bridgehead atoms. The lowest BCUT2D eigenvalue weighted by molar-refractivity contribution is -0.138. The minimum Gasteiger partial charge on any atom is -0.462 e. The van der Waals surface area contributed by atoms with E-state index in [4.69, 9.17) is 33.2 Å². The molecule has 0 aromatic heterocycles. The SMILES string of the molecule is CC1(C)OC(=O)O/C1=C/CCOC(=O)/C=C/CCC1OC1CC/C=C/C(=O)OCC/C=C1/OC(=O)OC1(C)C. The molecule has 3 fully saturated rings. The van der Waals surface area contributed by atoms with Crippen molar-refractivity contribution in [3.05, 3.63) is 48.0 Å². The molecular formula is C28H36O11. The van der Waals surface area contributed by atoms with Crippen molar-refractivity contribution >= 4 is 24.2 Å². The maximum Gasteiger partial charge on any atom is 0.514 e. The normalized spacial score (nSPS) is 25.0. The van der Waals surface area contributed by atoms with Crippen molar-refractivity contribution in [3.8, 4) is 0 Å². The van der Waals surface area contributed by atoms with Crippen LogP contribution in [0.25, 0.3) is 0 Å². The molecule has 39 heavy (non-hydrogen) atoms. The summed E-state index contributed by atoms with van der Waals surface area (Å²) in [5, 5.41) is 0. The highest BCUT2D eigenvalue weighted by Crippen LogP contribution is 2.32. The Morgan fingerprint density at radius 3 is 1.49 bits per heavy atom. The minimum absolute atomic E-state index is 0.142. The van der Waals surface area contributed by atoms with Gasteiger partial charge in [-0.25, -0.2) is 19.2 Å². The summed E-state index contributed by atoms with van der Waals surface area (Å²) < 4.78 is 35.9. The number of cyclic esters (lactones) is 4. The van der Waals surface area contributed by atoms with Gasteiger partial charge in [0.15, 0.2) is 22.7 Å². The maximum absolute atomic E-state index is 11.8. The minimum atomic E-state index is -0.811. The number of epoxide rings is 1. The van der Waals surface area contributed by atoms with Gasteiger partial charge in [-0.1, -0.05) is 12.2 Å². The maximum atomic E-state index is 11.8. The van der Waals surface area contributed by atoms with Gasteiger partial charge in [0.1, 0.15) is 0 Å². The zero-order valence-corrected chi connectivity index (χ0v) is 22.8. The van der Waals surface area contributed by atoms with Gasteiger partial charge >= 0.3 is 24.2 Å². The number of esters is 2. The number of carbonyl (C=O) groups is 4. The van der Waals surface area contributed by atoms with E-state index in [0.29, 0.717) is 37.2 Å². The second kappa shape index (κ2) is 13.5. The summed E-state index contributed by atoms with van der Waals surface area (Å²) in [7, 11) is 0. The van der Waals surface area contributed by atoms with Gasteiger partial charge in [0.05, 0.1) is 25.4 Å². The van der Waals surface area contributed by atoms with Gasteiger partial charge in [0.25, 0.3) is 0 Å². The van der Waals surface area contributed by atoms with E-state index in [1.807, 2.05) is 0 Å². The van der Waals surface area contributed by atoms with Gasteiger partial charge < -0.3 is 33.2 Å². The predicted molar refractivity (Wildman–Crippen MR) is 136 cm³/mol. The van der Waals surface area contributed by atoms with Crippen molar-refractivity contribution in [1.82, 2.24) is 0 Å². The zero-order valence-electron chi connectivity index (χ0n) is 22.8. The van der Waals surface area contributed by atoms with Crippen LogP contribution in [-0.4, -0.2) is 60.9 Å². The lowest BCUT2D eigenvalue weighted by Crippen LogP contribution is -2.20. The molecule has 214 valence electrons. The summed E-state index contributed by atoms with van der Waals surface area (Å²) in [6.07, 6.45) is 12.2. The third-order valence-corrected chi connectivity index (χ3v) is 6.07. The Hall–Kier alpha value is -3.60. The van der Waals surface area contributed by atoms with Crippen molar-refractivity contribution < 1.29 is 52.3 Å². The Bertz CT molecular complexity index is 966. The third-order valence-electron chi connectivity index (χ3n) is 6.07. The first-order valence-electron chi connectivity index (χ1n) is 13.0. The number of hydrogen-bond donors (Lipinski definition) is 0. The fourth-order valence-electron chi connectivity index (χ4n) is 3.92. The fourth-order valence-corrected chi connectivity index (χ4v) is 3.92. The van der Waals surface area contributed by atoms with E-state index in [1.54, 1.807) is 52.0 Å². The van der Waals surface area contributed by atoms with Gasteiger partial charge in [-0.05, 0) is 65.5 Å². The molecule has 0 aromatic carbocycles. The largest absolute Gasteiger partial charge is 0.514 e. The van der Waals surface area contributed by atoms with Crippen molar-refractivity contribution in [2.24, 2.45) is 0 Å². The quantitative estimate of drug-likeness (QED) is 0.0958. The highest BCUT2D eigenvalue weighted by molar-refractivity contribution is 5.82. The molecular weight excluding hydrogens is 512 g/mol. The topological polar surface area (TPSA) is 136 Å². The summed E-state index contributed by atoms with van der Waals surface area (Å²) in [6.45, 7) is 7.21. The molecule has 0 aromatic rings. The number of ether oxygens (including phenoxy) is 7. The van der Waals surface area contributed by atoms with Crippen molar-refractivity contribution in [2.75, 3.05) is 13.2 Å². The number of rotatable bonds is 14. The molecule has 2 unspecified atom stereocenters. The van der Waals surface area contributed by atoms with Gasteiger partial charge in [0, 0.05) is 25.0 Å². The van der Waals surface area contributed by atoms with Crippen molar-refractivity contribution in [1.29, 1.82) is 0 Å². The van der Waals surface area contributed by atoms with Crippen LogP contribution < -0.4 is 0 Å². The summed E-state index contributed by atoms with van der Waals surface area (Å²) in [6, 6.07) is 0. The average molecular weight is 549 g/mol. The highest BCUT2D eigenvalue weighted by atomic mass is 16.8. The highest BCUT2D eigenvalue weighted by Gasteiger charge is 2.40. The van der Waals surface area contributed by atoms with Gasteiger partial charge in [-0.3, -0.25) is 0 Å². The molecule has 0 N–H and O–H groups in total. The smallest absolute Gasteiger partial charge is 0.462 e. The van der Waals surface area contributed by atoms with Crippen LogP contribution >= 0.6 is 0 Å². The monoisotopic (exact) mass is 548 g/mol. The van der Waals surface area contributed by atoms with E-state index >= 15 is 0 Å². The first-order valence-corrected chi connectivity index (χ1v) is 13.0. The first kappa shape index (κ1) is 29.9. The van der Waals surface area contributed by atoms with Crippen LogP contribution in [0.1, 0.15) is 66.2 Å². The molecule has 0 saturated carbocycles. The van der Waals surface area contributed by atoms with Crippen LogP contribution in [-0.2, 0) is 42.7 Å². The Morgan fingerprint density at radius 1 is 0.718 bits per heavy atom. The van der Waals surface area contributed by atoms with Crippen LogP contribution in [0.3, 0.4) is 0 Å². The van der Waals surface area contributed by atoms with Crippen LogP contribution in [0.15, 0.2) is 48.0 Å². The molecule has 2 atom stereocenters. The molecule has 0 aliphatic carbocycles. The van der Waals surface area contributed by atoms with E-state index in [9.17, 15) is 19.2 Å². The van der Waals surface area contributed by atoms with Gasteiger partial charge in [0.2, 0.25) is 0 Å². The van der Waals surface area contributed by atoms with E-state index < -0.39 is 35.5 Å². The molecule has 3 saturated heterocycles. The molecule has 11 heteroatoms. The predicted octanol–water partition coefficient (Wildman–Crippen LogP) is 4.95. The molecule has 11 nitrogen and oxygen atoms in total. The van der Waals surface area contributed by atoms with Crippen LogP contribution in [0.5, 0.6) is 0 Å². The number of allylic oxidation sites excluding steroid dienone is 2. The van der Waals surface area contributed by atoms with Crippen LogP contribution in [0.2, 0.25) is 0 Å². The summed E-state index contributed by atoms with van der Waals surface area (Å²) >= 11 is 0. The van der Waals surface area contributed by atoms with E-state index in [2.05, 4.69) is 0 Å². The van der Waals surface area contributed by atoms with Crippen LogP contribution in [0, 0.1) is 0 Å². The molecule has 3 aliphatic rings. The third kappa shape index (κ3) is 9.90. The Morgan fingerprint density at radius 2 is 1.13 bits per heavy atom. The second-order valence-electron chi connectivity index (χ2n) is 10.2. The van der Waals surface area contributed by atoms with Crippen molar-refractivity contribution in [2.45, 2.75) is 89.6 Å². The van der Waals surface area contributed by atoms with Crippen LogP contribution in [0.4, 0.5) is 9.59 Å². The first-order chi connectivity index (χ1) is 18.5. The Kier molecular flexibility index (Phi) is 10.3. The molecule has 0 radical (unpaired) electrons. The Balaban J connectivity index is 1.18. The van der Waals surface area contributed by atoms with E-state index in [1.165, 1.54) is 12.2 Å². The fraction of sp³-hybridized carbons (Fsp3) is 0.571. The number of carbonyl (C=O) groups excluding carboxylic acids is 4. The molecule has 3 rings (SSSR count). The summed E-state index contributed by atoms with van der Waals surface area (Å²) in [5.74, 6) is -0.0513. The average Bonchev–Trinajstić information content (AvgIpc) is 3.46. The second-order valence-corrected chi connectivity index (χ2v) is 10.2. The standard InChI is InChI=1S/C28H36O11/c1-27(2)21(36-25(31)38-27)13-9-17-33-23(29)15-7-5-11-19-20(35-19)12-6-8-16-24(30)34-18-10-14-22-28(3,4)39-26(32)37-22/h7-8,13-16,19-20H,5-6,9-12,17-18H2,1-4H3/b15-7+,16-8+,21-13+,22-14+. The summed E-state index contributed by atoms with van der Waals surface area (Å²) in [5.41, 5.74) is -1.62. The van der Waals surface area contributed by atoms with E-state index in [-0.39, 0.29) is 25.4 Å².